The molecule has 2 rings (SSSR count). The number of carbonyl (C=O) groups excluding carboxylic acids is 2. The van der Waals surface area contributed by atoms with Crippen molar-refractivity contribution in [2.24, 2.45) is 0 Å². The van der Waals surface area contributed by atoms with Crippen LogP contribution in [-0.4, -0.2) is 49.1 Å². The molecule has 2 amide bonds. The summed E-state index contributed by atoms with van der Waals surface area (Å²) in [5.74, 6) is -0.333. The standard InChI is InChI=1S/C18H22F2N2O4/c1-3-13-17(24)21-9-10-22(13)16(23)8-6-12-5-7-14(26-18(19)20)15(11-12)25-4-2/h5-8,11,13,18H,3-4,9-10H2,1-2H3,(H,21,24)/b8-6+. The maximum absolute atomic E-state index is 12.4. The number of carbonyl (C=O) groups is 2. The average molecular weight is 368 g/mol. The minimum Gasteiger partial charge on any atom is -0.490 e. The van der Waals surface area contributed by atoms with Gasteiger partial charge >= 0.3 is 6.61 Å². The van der Waals surface area contributed by atoms with Gasteiger partial charge in [-0.05, 0) is 37.1 Å². The molecule has 0 saturated carbocycles. The normalized spacial score (nSPS) is 17.5. The zero-order valence-corrected chi connectivity index (χ0v) is 14.7. The molecule has 142 valence electrons. The highest BCUT2D eigenvalue weighted by Crippen LogP contribution is 2.30. The summed E-state index contributed by atoms with van der Waals surface area (Å²) in [4.78, 5) is 25.8. The van der Waals surface area contributed by atoms with Crippen LogP contribution in [0.4, 0.5) is 8.78 Å². The largest absolute Gasteiger partial charge is 0.490 e. The van der Waals surface area contributed by atoms with Crippen LogP contribution in [0, 0.1) is 0 Å². The van der Waals surface area contributed by atoms with Crippen LogP contribution in [0.1, 0.15) is 25.8 Å². The Labute approximate surface area is 150 Å². The van der Waals surface area contributed by atoms with Gasteiger partial charge in [0.1, 0.15) is 6.04 Å². The maximum Gasteiger partial charge on any atom is 0.387 e. The predicted octanol–water partition coefficient (Wildman–Crippen LogP) is 2.44. The number of nitrogens with one attached hydrogen (secondary N) is 1. The molecule has 1 fully saturated rings. The zero-order valence-electron chi connectivity index (χ0n) is 14.7. The molecule has 8 heteroatoms. The van der Waals surface area contributed by atoms with Gasteiger partial charge in [-0.2, -0.15) is 8.78 Å². The molecule has 1 aromatic carbocycles. The predicted molar refractivity (Wildman–Crippen MR) is 92.1 cm³/mol. The Morgan fingerprint density at radius 3 is 2.81 bits per heavy atom. The molecule has 1 aliphatic rings. The number of alkyl halides is 2. The van der Waals surface area contributed by atoms with E-state index in [2.05, 4.69) is 10.1 Å². The van der Waals surface area contributed by atoms with Gasteiger partial charge in [-0.25, -0.2) is 0 Å². The van der Waals surface area contributed by atoms with Crippen LogP contribution in [0.5, 0.6) is 11.5 Å². The molecule has 0 bridgehead atoms. The third kappa shape index (κ3) is 4.93. The zero-order chi connectivity index (χ0) is 19.1. The molecule has 0 aliphatic carbocycles. The van der Waals surface area contributed by atoms with E-state index in [1.54, 1.807) is 19.1 Å². The fourth-order valence-corrected chi connectivity index (χ4v) is 2.74. The van der Waals surface area contributed by atoms with E-state index in [4.69, 9.17) is 4.74 Å². The molecular formula is C18H22F2N2O4. The fraction of sp³-hybridized carbons (Fsp3) is 0.444. The Hall–Kier alpha value is -2.64. The SMILES string of the molecule is CCOc1cc(/C=C/C(=O)N2CCNC(=O)C2CC)ccc1OC(F)F. The van der Waals surface area contributed by atoms with E-state index in [1.165, 1.54) is 23.1 Å². The molecule has 26 heavy (non-hydrogen) atoms. The Balaban J connectivity index is 2.14. The summed E-state index contributed by atoms with van der Waals surface area (Å²) in [5.41, 5.74) is 0.595. The van der Waals surface area contributed by atoms with E-state index in [-0.39, 0.29) is 29.9 Å². The van der Waals surface area contributed by atoms with Gasteiger partial charge in [0, 0.05) is 19.2 Å². The summed E-state index contributed by atoms with van der Waals surface area (Å²) < 4.78 is 34.6. The lowest BCUT2D eigenvalue weighted by Crippen LogP contribution is -2.56. The summed E-state index contributed by atoms with van der Waals surface area (Å²) >= 11 is 0. The van der Waals surface area contributed by atoms with Crippen LogP contribution in [0.2, 0.25) is 0 Å². The van der Waals surface area contributed by atoms with Gasteiger partial charge in [-0.1, -0.05) is 13.0 Å². The quantitative estimate of drug-likeness (QED) is 0.751. The lowest BCUT2D eigenvalue weighted by Gasteiger charge is -2.33. The average Bonchev–Trinajstić information content (AvgIpc) is 2.61. The monoisotopic (exact) mass is 368 g/mol. The van der Waals surface area contributed by atoms with Crippen molar-refractivity contribution in [1.82, 2.24) is 10.2 Å². The highest BCUT2D eigenvalue weighted by atomic mass is 19.3. The van der Waals surface area contributed by atoms with Crippen molar-refractivity contribution in [3.05, 3.63) is 29.8 Å². The van der Waals surface area contributed by atoms with Crippen molar-refractivity contribution in [1.29, 1.82) is 0 Å². The summed E-state index contributed by atoms with van der Waals surface area (Å²) in [6.07, 6.45) is 3.44. The van der Waals surface area contributed by atoms with Gasteiger partial charge in [0.2, 0.25) is 11.8 Å². The van der Waals surface area contributed by atoms with Gasteiger partial charge in [0.05, 0.1) is 6.61 Å². The van der Waals surface area contributed by atoms with Gasteiger partial charge in [0.15, 0.2) is 11.5 Å². The molecular weight excluding hydrogens is 346 g/mol. The fourth-order valence-electron chi connectivity index (χ4n) is 2.74. The minimum absolute atomic E-state index is 0.0657. The van der Waals surface area contributed by atoms with Crippen LogP contribution in [0.3, 0.4) is 0 Å². The molecule has 1 saturated heterocycles. The van der Waals surface area contributed by atoms with Gasteiger partial charge in [0.25, 0.3) is 0 Å². The number of benzene rings is 1. The first kappa shape index (κ1) is 19.7. The van der Waals surface area contributed by atoms with Crippen molar-refractivity contribution in [3.63, 3.8) is 0 Å². The van der Waals surface area contributed by atoms with Crippen LogP contribution >= 0.6 is 0 Å². The van der Waals surface area contributed by atoms with Gasteiger partial charge < -0.3 is 19.7 Å². The Morgan fingerprint density at radius 2 is 2.15 bits per heavy atom. The van der Waals surface area contributed by atoms with Crippen LogP contribution in [0.15, 0.2) is 24.3 Å². The topological polar surface area (TPSA) is 67.9 Å². The number of halogens is 2. The Kier molecular flexibility index (Phi) is 6.94. The summed E-state index contributed by atoms with van der Waals surface area (Å²) in [6, 6.07) is 3.95. The number of amides is 2. The van der Waals surface area contributed by atoms with Crippen molar-refractivity contribution >= 4 is 17.9 Å². The first-order valence-corrected chi connectivity index (χ1v) is 8.44. The molecule has 1 aromatic rings. The number of nitrogens with zero attached hydrogens (tertiary/aromatic N) is 1. The lowest BCUT2D eigenvalue weighted by molar-refractivity contribution is -0.140. The molecule has 0 aromatic heterocycles. The highest BCUT2D eigenvalue weighted by Gasteiger charge is 2.30. The molecule has 1 aliphatic heterocycles. The summed E-state index contributed by atoms with van der Waals surface area (Å²) in [5, 5.41) is 2.74. The third-order valence-electron chi connectivity index (χ3n) is 3.90. The molecule has 1 heterocycles. The lowest BCUT2D eigenvalue weighted by atomic mass is 10.1. The first-order valence-electron chi connectivity index (χ1n) is 8.44. The van der Waals surface area contributed by atoms with Crippen molar-refractivity contribution in [3.8, 4) is 11.5 Å². The van der Waals surface area contributed by atoms with Gasteiger partial charge in [-0.3, -0.25) is 9.59 Å². The van der Waals surface area contributed by atoms with E-state index in [9.17, 15) is 18.4 Å². The van der Waals surface area contributed by atoms with Crippen LogP contribution < -0.4 is 14.8 Å². The summed E-state index contributed by atoms with van der Waals surface area (Å²) in [6.45, 7) is 1.77. The van der Waals surface area contributed by atoms with E-state index in [0.29, 0.717) is 25.1 Å². The number of hydrogen-bond donors (Lipinski definition) is 1. The number of hydrogen-bond acceptors (Lipinski definition) is 4. The third-order valence-corrected chi connectivity index (χ3v) is 3.90. The Bertz CT molecular complexity index is 679. The second-order valence-electron chi connectivity index (χ2n) is 5.60. The smallest absolute Gasteiger partial charge is 0.387 e. The van der Waals surface area contributed by atoms with Crippen LogP contribution in [-0.2, 0) is 9.59 Å². The van der Waals surface area contributed by atoms with Crippen molar-refractivity contribution in [2.75, 3.05) is 19.7 Å². The van der Waals surface area contributed by atoms with E-state index in [0.717, 1.165) is 0 Å². The second-order valence-corrected chi connectivity index (χ2v) is 5.60. The molecule has 0 spiro atoms. The van der Waals surface area contributed by atoms with Crippen molar-refractivity contribution in [2.45, 2.75) is 32.9 Å². The second kappa shape index (κ2) is 9.17. The molecule has 1 atom stereocenters. The van der Waals surface area contributed by atoms with E-state index in [1.807, 2.05) is 6.92 Å². The maximum atomic E-state index is 12.4. The van der Waals surface area contributed by atoms with Crippen molar-refractivity contribution < 1.29 is 27.8 Å². The summed E-state index contributed by atoms with van der Waals surface area (Å²) in [7, 11) is 0. The molecule has 6 nitrogen and oxygen atoms in total. The molecule has 0 radical (unpaired) electrons. The number of rotatable bonds is 7. The van der Waals surface area contributed by atoms with Gasteiger partial charge in [-0.15, -0.1) is 0 Å². The first-order chi connectivity index (χ1) is 12.5. The minimum atomic E-state index is -2.95. The molecule has 1 unspecified atom stereocenters. The Morgan fingerprint density at radius 1 is 1.38 bits per heavy atom. The van der Waals surface area contributed by atoms with E-state index < -0.39 is 12.7 Å². The van der Waals surface area contributed by atoms with Crippen LogP contribution in [0.25, 0.3) is 6.08 Å². The number of piperazine rings is 1. The van der Waals surface area contributed by atoms with E-state index >= 15 is 0 Å². The molecule has 1 N–H and O–H groups in total. The highest BCUT2D eigenvalue weighted by molar-refractivity contribution is 5.96. The number of ether oxygens (including phenoxy) is 2.